The zero-order valence-electron chi connectivity index (χ0n) is 18.3. The molecule has 2 rings (SSSR count). The average Bonchev–Trinajstić information content (AvgIpc) is 3.07. The normalized spacial score (nSPS) is 19.7. The van der Waals surface area contributed by atoms with E-state index >= 15 is 0 Å². The van der Waals surface area contributed by atoms with Crippen molar-refractivity contribution < 1.29 is 19.4 Å². The molecule has 0 fully saturated rings. The summed E-state index contributed by atoms with van der Waals surface area (Å²) in [5.41, 5.74) is 1.24. The number of aryl methyl sites for hydroxylation is 1. The van der Waals surface area contributed by atoms with Crippen LogP contribution in [0.15, 0.2) is 54.6 Å². The van der Waals surface area contributed by atoms with Gasteiger partial charge in [-0.1, -0.05) is 48.6 Å². The second-order valence-corrected chi connectivity index (χ2v) is 8.43. The Morgan fingerprint density at radius 3 is 2.67 bits per heavy atom. The van der Waals surface area contributed by atoms with Gasteiger partial charge in [0.1, 0.15) is 0 Å². The van der Waals surface area contributed by atoms with Gasteiger partial charge in [-0.05, 0) is 76.4 Å². The number of ketones is 1. The van der Waals surface area contributed by atoms with Crippen molar-refractivity contribution in [2.45, 2.75) is 77.4 Å². The fourth-order valence-corrected chi connectivity index (χ4v) is 3.83. The first kappa shape index (κ1) is 24.1. The number of aliphatic hydroxyl groups is 1. The molecule has 0 spiro atoms. The van der Waals surface area contributed by atoms with Gasteiger partial charge in [0, 0.05) is 12.3 Å². The summed E-state index contributed by atoms with van der Waals surface area (Å²) in [6.07, 6.45) is 13.3. The average molecular weight is 413 g/mol. The number of aliphatic hydroxyl groups excluding tert-OH is 1. The minimum absolute atomic E-state index is 0.0199. The zero-order valence-corrected chi connectivity index (χ0v) is 18.3. The van der Waals surface area contributed by atoms with E-state index in [1.165, 1.54) is 5.56 Å². The van der Waals surface area contributed by atoms with E-state index in [9.17, 15) is 14.7 Å². The summed E-state index contributed by atoms with van der Waals surface area (Å²) in [4.78, 5) is 23.7. The van der Waals surface area contributed by atoms with Gasteiger partial charge in [-0.2, -0.15) is 0 Å². The van der Waals surface area contributed by atoms with Crippen molar-refractivity contribution in [3.8, 4) is 0 Å². The summed E-state index contributed by atoms with van der Waals surface area (Å²) in [7, 11) is 0. The van der Waals surface area contributed by atoms with Crippen LogP contribution in [0.1, 0.15) is 64.4 Å². The van der Waals surface area contributed by atoms with Gasteiger partial charge in [-0.15, -0.1) is 0 Å². The van der Waals surface area contributed by atoms with Crippen molar-refractivity contribution >= 4 is 11.8 Å². The maximum atomic E-state index is 12.2. The Balaban J connectivity index is 1.65. The summed E-state index contributed by atoms with van der Waals surface area (Å²) in [6, 6.07) is 10.2. The highest BCUT2D eigenvalue weighted by Gasteiger charge is 2.29. The van der Waals surface area contributed by atoms with Crippen molar-refractivity contribution in [1.82, 2.24) is 0 Å². The number of esters is 1. The fraction of sp³-hybridized carbons (Fsp3) is 0.538. The predicted octanol–water partition coefficient (Wildman–Crippen LogP) is 5.20. The second kappa shape index (κ2) is 13.2. The first-order valence-electron chi connectivity index (χ1n) is 11.2. The lowest BCUT2D eigenvalue weighted by Crippen LogP contribution is -2.17. The van der Waals surface area contributed by atoms with Crippen LogP contribution in [0.5, 0.6) is 0 Å². The SMILES string of the molecule is CC(C)OC(=O)CCC/C=C\CC1C(=O)C=CC1CC[C@@H](O)CCc1ccccc1. The number of allylic oxidation sites excluding steroid dienone is 4. The monoisotopic (exact) mass is 412 g/mol. The van der Waals surface area contributed by atoms with Gasteiger partial charge in [0.25, 0.3) is 0 Å². The number of unbranched alkanes of at least 4 members (excludes halogenated alkanes) is 1. The largest absolute Gasteiger partial charge is 0.463 e. The highest BCUT2D eigenvalue weighted by atomic mass is 16.5. The molecule has 0 radical (unpaired) electrons. The van der Waals surface area contributed by atoms with Crippen LogP contribution >= 0.6 is 0 Å². The van der Waals surface area contributed by atoms with Crippen LogP contribution < -0.4 is 0 Å². The lowest BCUT2D eigenvalue weighted by atomic mass is 9.86. The van der Waals surface area contributed by atoms with Crippen molar-refractivity contribution in [2.24, 2.45) is 11.8 Å². The standard InChI is InChI=1S/C26H36O4/c1-20(2)30-26(29)13-9-4-3-8-12-24-22(16-19-25(24)28)15-18-23(27)17-14-21-10-6-5-7-11-21/h3,5-8,10-11,16,19-20,22-24,27H,4,9,12-15,17-18H2,1-2H3/b8-3-/t22?,23-,24?/m0/s1. The molecule has 3 atom stereocenters. The van der Waals surface area contributed by atoms with Crippen molar-refractivity contribution in [2.75, 3.05) is 0 Å². The minimum Gasteiger partial charge on any atom is -0.463 e. The lowest BCUT2D eigenvalue weighted by Gasteiger charge is -2.18. The minimum atomic E-state index is -0.337. The number of benzene rings is 1. The Bertz CT molecular complexity index is 705. The molecule has 0 aliphatic heterocycles. The first-order valence-corrected chi connectivity index (χ1v) is 11.2. The Morgan fingerprint density at radius 2 is 1.93 bits per heavy atom. The molecule has 164 valence electrons. The Kier molecular flexibility index (Phi) is 10.6. The quantitative estimate of drug-likeness (QED) is 0.275. The van der Waals surface area contributed by atoms with E-state index in [0.717, 1.165) is 32.1 Å². The molecule has 0 amide bonds. The number of carbonyl (C=O) groups is 2. The molecule has 0 saturated heterocycles. The number of hydrogen-bond acceptors (Lipinski definition) is 4. The summed E-state index contributed by atoms with van der Waals surface area (Å²) in [5.74, 6) is 0.214. The first-order chi connectivity index (χ1) is 14.5. The summed E-state index contributed by atoms with van der Waals surface area (Å²) < 4.78 is 5.12. The van der Waals surface area contributed by atoms with E-state index in [2.05, 4.69) is 24.3 Å². The topological polar surface area (TPSA) is 63.6 Å². The van der Waals surface area contributed by atoms with Gasteiger partial charge in [0.2, 0.25) is 0 Å². The molecular weight excluding hydrogens is 376 g/mol. The molecule has 0 heterocycles. The highest BCUT2D eigenvalue weighted by Crippen LogP contribution is 2.30. The van der Waals surface area contributed by atoms with Crippen molar-refractivity contribution in [1.29, 1.82) is 0 Å². The van der Waals surface area contributed by atoms with Gasteiger partial charge in [-0.25, -0.2) is 0 Å². The molecule has 1 aliphatic rings. The van der Waals surface area contributed by atoms with E-state index in [1.54, 1.807) is 6.08 Å². The fourth-order valence-electron chi connectivity index (χ4n) is 3.83. The van der Waals surface area contributed by atoms with Gasteiger partial charge in [0.15, 0.2) is 5.78 Å². The second-order valence-electron chi connectivity index (χ2n) is 8.43. The van der Waals surface area contributed by atoms with Crippen LogP contribution in [0.4, 0.5) is 0 Å². The molecule has 0 bridgehead atoms. The molecule has 1 N–H and O–H groups in total. The van der Waals surface area contributed by atoms with E-state index in [0.29, 0.717) is 19.3 Å². The molecular formula is C26H36O4. The Labute approximate surface area is 181 Å². The summed E-state index contributed by atoms with van der Waals surface area (Å²) in [6.45, 7) is 3.70. The third-order valence-corrected chi connectivity index (χ3v) is 5.51. The Hall–Kier alpha value is -2.20. The van der Waals surface area contributed by atoms with Crippen molar-refractivity contribution in [3.05, 3.63) is 60.2 Å². The summed E-state index contributed by atoms with van der Waals surface area (Å²) in [5, 5.41) is 10.3. The molecule has 0 saturated carbocycles. The summed E-state index contributed by atoms with van der Waals surface area (Å²) >= 11 is 0. The molecule has 2 unspecified atom stereocenters. The number of hydrogen-bond donors (Lipinski definition) is 1. The molecule has 1 aromatic carbocycles. The number of carbonyl (C=O) groups excluding carboxylic acids is 2. The van der Waals surface area contributed by atoms with E-state index in [4.69, 9.17) is 4.74 Å². The third kappa shape index (κ3) is 9.08. The maximum absolute atomic E-state index is 12.2. The molecule has 1 aromatic rings. The van der Waals surface area contributed by atoms with E-state index in [-0.39, 0.29) is 35.8 Å². The molecule has 30 heavy (non-hydrogen) atoms. The zero-order chi connectivity index (χ0) is 21.8. The smallest absolute Gasteiger partial charge is 0.306 e. The van der Waals surface area contributed by atoms with Crippen LogP contribution in [0, 0.1) is 11.8 Å². The van der Waals surface area contributed by atoms with Crippen LogP contribution in [0.3, 0.4) is 0 Å². The molecule has 0 aromatic heterocycles. The lowest BCUT2D eigenvalue weighted by molar-refractivity contribution is -0.147. The number of ether oxygens (including phenoxy) is 1. The van der Waals surface area contributed by atoms with E-state index in [1.807, 2.05) is 38.1 Å². The molecule has 4 nitrogen and oxygen atoms in total. The Morgan fingerprint density at radius 1 is 1.17 bits per heavy atom. The molecule has 1 aliphatic carbocycles. The van der Waals surface area contributed by atoms with E-state index < -0.39 is 0 Å². The molecule has 4 heteroatoms. The van der Waals surface area contributed by atoms with Gasteiger partial charge in [0.05, 0.1) is 12.2 Å². The van der Waals surface area contributed by atoms with Gasteiger partial charge < -0.3 is 9.84 Å². The maximum Gasteiger partial charge on any atom is 0.306 e. The van der Waals surface area contributed by atoms with Crippen LogP contribution in [-0.4, -0.2) is 29.1 Å². The van der Waals surface area contributed by atoms with Crippen LogP contribution in [-0.2, 0) is 20.7 Å². The van der Waals surface area contributed by atoms with Crippen LogP contribution in [0.2, 0.25) is 0 Å². The van der Waals surface area contributed by atoms with Gasteiger partial charge >= 0.3 is 5.97 Å². The van der Waals surface area contributed by atoms with Gasteiger partial charge in [-0.3, -0.25) is 9.59 Å². The third-order valence-electron chi connectivity index (χ3n) is 5.51. The highest BCUT2D eigenvalue weighted by molar-refractivity contribution is 5.94. The number of rotatable bonds is 13. The predicted molar refractivity (Wildman–Crippen MR) is 120 cm³/mol. The van der Waals surface area contributed by atoms with Crippen molar-refractivity contribution in [3.63, 3.8) is 0 Å². The van der Waals surface area contributed by atoms with Crippen LogP contribution in [0.25, 0.3) is 0 Å².